The van der Waals surface area contributed by atoms with Gasteiger partial charge in [-0.2, -0.15) is 0 Å². The van der Waals surface area contributed by atoms with Crippen LogP contribution in [0.5, 0.6) is 0 Å². The number of hydrogen-bond acceptors (Lipinski definition) is 7. The van der Waals surface area contributed by atoms with Gasteiger partial charge in [-0.15, -0.1) is 0 Å². The summed E-state index contributed by atoms with van der Waals surface area (Å²) < 4.78 is 26.6. The van der Waals surface area contributed by atoms with Gasteiger partial charge >= 0.3 is 0 Å². The number of carbonyl (C=O) groups excluding carboxylic acids is 3. The van der Waals surface area contributed by atoms with Crippen molar-refractivity contribution in [3.05, 3.63) is 51.3 Å². The average Bonchev–Trinajstić information content (AvgIpc) is 2.92. The first-order valence-electron chi connectivity index (χ1n) is 6.83. The molecular weight excluding hydrogens is 352 g/mol. The highest BCUT2D eigenvalue weighted by Crippen LogP contribution is 2.27. The van der Waals surface area contributed by atoms with Gasteiger partial charge < -0.3 is 5.73 Å². The summed E-state index contributed by atoms with van der Waals surface area (Å²) >= 11 is 0. The van der Waals surface area contributed by atoms with E-state index in [2.05, 4.69) is 0 Å². The van der Waals surface area contributed by atoms with Gasteiger partial charge in [0.15, 0.2) is 0 Å². The predicted octanol–water partition coefficient (Wildman–Crippen LogP) is -1.26. The Labute approximate surface area is 139 Å². The Morgan fingerprint density at radius 2 is 1.64 bits per heavy atom. The quantitative estimate of drug-likeness (QED) is 0.535. The molecule has 1 aromatic carbocycles. The lowest BCUT2D eigenvalue weighted by atomic mass is 10.1. The summed E-state index contributed by atoms with van der Waals surface area (Å²) in [6, 6.07) is 4.59. The van der Waals surface area contributed by atoms with Crippen molar-refractivity contribution in [1.29, 1.82) is 0 Å². The van der Waals surface area contributed by atoms with Crippen molar-refractivity contribution in [1.82, 2.24) is 14.6 Å². The molecule has 1 aromatic heterocycles. The Hall–Kier alpha value is -3.47. The second-order valence-corrected chi connectivity index (χ2v) is 7.04. The predicted molar refractivity (Wildman–Crippen MR) is 82.9 cm³/mol. The molecule has 3 amide bonds. The number of amides is 3. The highest BCUT2D eigenvalue weighted by molar-refractivity contribution is 7.90. The molecule has 0 unspecified atom stereocenters. The Morgan fingerprint density at radius 3 is 2.36 bits per heavy atom. The monoisotopic (exact) mass is 360 g/mol. The van der Waals surface area contributed by atoms with E-state index in [0.717, 1.165) is 16.7 Å². The van der Waals surface area contributed by atoms with Gasteiger partial charge in [0.05, 0.1) is 22.4 Å². The smallest absolute Gasteiger partial charge is 0.266 e. The number of fused-ring (bicyclic) bond motifs is 2. The summed E-state index contributed by atoms with van der Waals surface area (Å²) in [7, 11) is -4.03. The van der Waals surface area contributed by atoms with Gasteiger partial charge in [0.1, 0.15) is 10.7 Å². The molecular formula is C14H8N4O6S. The van der Waals surface area contributed by atoms with Crippen molar-refractivity contribution in [3.8, 4) is 5.69 Å². The minimum atomic E-state index is -4.03. The van der Waals surface area contributed by atoms with Crippen molar-refractivity contribution < 1.29 is 22.8 Å². The third kappa shape index (κ3) is 1.92. The molecule has 2 aliphatic rings. The van der Waals surface area contributed by atoms with Crippen LogP contribution in [0.4, 0.5) is 5.82 Å². The number of nitrogens with one attached hydrogen (secondary N) is 2. The normalized spacial score (nSPS) is 17.0. The summed E-state index contributed by atoms with van der Waals surface area (Å²) in [6.45, 7) is 0. The molecule has 0 saturated heterocycles. The highest BCUT2D eigenvalue weighted by atomic mass is 32.2. The fraction of sp³-hybridized carbons (Fsp3) is 0. The van der Waals surface area contributed by atoms with Crippen LogP contribution in [-0.4, -0.2) is 30.7 Å². The maximum Gasteiger partial charge on any atom is 0.266 e. The molecule has 0 saturated carbocycles. The molecule has 10 nitrogen and oxygen atoms in total. The van der Waals surface area contributed by atoms with Crippen LogP contribution < -0.4 is 21.3 Å². The number of nitrogen functional groups attached to an aromatic ring is 1. The first-order valence-corrected chi connectivity index (χ1v) is 8.32. The van der Waals surface area contributed by atoms with E-state index in [0.29, 0.717) is 0 Å². The van der Waals surface area contributed by atoms with E-state index in [1.54, 1.807) is 0 Å². The maximum absolute atomic E-state index is 12.3. The Kier molecular flexibility index (Phi) is 2.74. The molecule has 0 spiro atoms. The summed E-state index contributed by atoms with van der Waals surface area (Å²) in [6.07, 6.45) is 0. The number of rotatable bonds is 1. The van der Waals surface area contributed by atoms with Crippen molar-refractivity contribution in [2.45, 2.75) is 4.90 Å². The third-order valence-corrected chi connectivity index (χ3v) is 5.31. The standard InChI is InChI=1S/C14H8N4O6S/c15-11-10-7(12(20)16-14(10)22)4-9(19)18(11)5-1-2-6-8(3-5)25(23,24)17-13(6)21/h1-4H,15H2,(H,17,21)(H,16,20,22). The van der Waals surface area contributed by atoms with Gasteiger partial charge in [-0.1, -0.05) is 0 Å². The van der Waals surface area contributed by atoms with Crippen molar-refractivity contribution in [2.24, 2.45) is 0 Å². The lowest BCUT2D eigenvalue weighted by Crippen LogP contribution is -2.24. The van der Waals surface area contributed by atoms with Crippen LogP contribution in [0.3, 0.4) is 0 Å². The lowest BCUT2D eigenvalue weighted by Gasteiger charge is -2.12. The molecule has 2 aliphatic heterocycles. The van der Waals surface area contributed by atoms with E-state index in [-0.39, 0.29) is 33.1 Å². The van der Waals surface area contributed by atoms with Crippen molar-refractivity contribution >= 4 is 33.6 Å². The minimum absolute atomic E-state index is 0.0382. The number of pyridine rings is 1. The maximum atomic E-state index is 12.3. The molecule has 0 aliphatic carbocycles. The molecule has 0 bridgehead atoms. The van der Waals surface area contributed by atoms with Crippen LogP contribution in [-0.2, 0) is 10.0 Å². The lowest BCUT2D eigenvalue weighted by molar-refractivity contribution is 0.0878. The highest BCUT2D eigenvalue weighted by Gasteiger charge is 2.34. The van der Waals surface area contributed by atoms with Crippen molar-refractivity contribution in [3.63, 3.8) is 0 Å². The van der Waals surface area contributed by atoms with Gasteiger partial charge in [-0.25, -0.2) is 13.1 Å². The Bertz CT molecular complexity index is 1190. The van der Waals surface area contributed by atoms with Crippen LogP contribution in [0.25, 0.3) is 5.69 Å². The van der Waals surface area contributed by atoms with Gasteiger partial charge in [-0.05, 0) is 18.2 Å². The van der Waals surface area contributed by atoms with Crippen LogP contribution in [0.2, 0.25) is 0 Å². The number of anilines is 1. The fourth-order valence-electron chi connectivity index (χ4n) is 2.84. The Morgan fingerprint density at radius 1 is 0.920 bits per heavy atom. The molecule has 4 rings (SSSR count). The second kappa shape index (κ2) is 4.54. The largest absolute Gasteiger partial charge is 0.384 e. The topological polar surface area (TPSA) is 157 Å². The van der Waals surface area contributed by atoms with E-state index in [9.17, 15) is 27.6 Å². The van der Waals surface area contributed by atoms with Gasteiger partial charge in [0.2, 0.25) is 0 Å². The number of sulfonamides is 1. The zero-order chi connectivity index (χ0) is 18.1. The molecule has 0 radical (unpaired) electrons. The zero-order valence-electron chi connectivity index (χ0n) is 12.2. The average molecular weight is 360 g/mol. The number of nitrogens with zero attached hydrogens (tertiary/aromatic N) is 1. The van der Waals surface area contributed by atoms with E-state index >= 15 is 0 Å². The molecule has 4 N–H and O–H groups in total. The number of benzene rings is 1. The molecule has 25 heavy (non-hydrogen) atoms. The molecule has 11 heteroatoms. The molecule has 126 valence electrons. The summed E-state index contributed by atoms with van der Waals surface area (Å²) in [5, 5.41) is 2.03. The first-order chi connectivity index (χ1) is 11.7. The Balaban J connectivity index is 2.01. The number of imide groups is 1. The zero-order valence-corrected chi connectivity index (χ0v) is 13.0. The van der Waals surface area contributed by atoms with Crippen LogP contribution in [0.1, 0.15) is 31.1 Å². The molecule has 3 heterocycles. The summed E-state index contributed by atoms with van der Waals surface area (Å²) in [5.41, 5.74) is 4.82. The van der Waals surface area contributed by atoms with Crippen LogP contribution in [0, 0.1) is 0 Å². The molecule has 0 fully saturated rings. The van der Waals surface area contributed by atoms with E-state index in [1.807, 2.05) is 10.0 Å². The number of nitrogens with two attached hydrogens (primary N) is 1. The minimum Gasteiger partial charge on any atom is -0.384 e. The van der Waals surface area contributed by atoms with Crippen LogP contribution >= 0.6 is 0 Å². The number of hydrogen-bond donors (Lipinski definition) is 3. The van der Waals surface area contributed by atoms with E-state index in [1.165, 1.54) is 12.1 Å². The third-order valence-electron chi connectivity index (χ3n) is 3.94. The van der Waals surface area contributed by atoms with Crippen LogP contribution in [0.15, 0.2) is 34.0 Å². The summed E-state index contributed by atoms with van der Waals surface area (Å²) in [4.78, 5) is 47.1. The number of aromatic nitrogens is 1. The van der Waals surface area contributed by atoms with Gasteiger partial charge in [0.25, 0.3) is 33.3 Å². The van der Waals surface area contributed by atoms with Crippen molar-refractivity contribution in [2.75, 3.05) is 5.73 Å². The molecule has 0 atom stereocenters. The number of carbonyl (C=O) groups is 3. The van der Waals surface area contributed by atoms with E-state index < -0.39 is 33.3 Å². The molecule has 2 aromatic rings. The first kappa shape index (κ1) is 15.1. The fourth-order valence-corrected chi connectivity index (χ4v) is 4.03. The second-order valence-electron chi connectivity index (χ2n) is 5.39. The summed E-state index contributed by atoms with van der Waals surface area (Å²) in [5.74, 6) is -2.57. The SMILES string of the molecule is Nc1c2c(cc(=O)n1-c1ccc3c(c1)S(=O)(=O)NC3=O)C(=O)NC2=O. The van der Waals surface area contributed by atoms with Gasteiger partial charge in [-0.3, -0.25) is 29.1 Å². The van der Waals surface area contributed by atoms with Gasteiger partial charge in [0, 0.05) is 6.07 Å². The van der Waals surface area contributed by atoms with E-state index in [4.69, 9.17) is 5.73 Å².